The summed E-state index contributed by atoms with van der Waals surface area (Å²) in [6.07, 6.45) is 0.458. The molecule has 0 heterocycles. The van der Waals surface area contributed by atoms with Crippen LogP contribution in [0.3, 0.4) is 0 Å². The van der Waals surface area contributed by atoms with Crippen molar-refractivity contribution in [2.75, 3.05) is 5.32 Å². The van der Waals surface area contributed by atoms with Crippen molar-refractivity contribution in [3.05, 3.63) is 65.2 Å². The second-order valence-electron chi connectivity index (χ2n) is 4.35. The average molecular weight is 283 g/mol. The molecule has 20 heavy (non-hydrogen) atoms. The smallest absolute Gasteiger partial charge is 0.196 e. The monoisotopic (exact) mass is 283 g/mol. The first kappa shape index (κ1) is 14.4. The molecule has 0 fully saturated rings. The standard InChI is InChI=1S/C15H13F4N/c1-2-12(9-5-3-4-6-10(9)16)20-13-8-7-11(17)14(18)15(13)19/h3-8,12,20H,2H2,1H3. The molecule has 1 nitrogen and oxygen atoms in total. The summed E-state index contributed by atoms with van der Waals surface area (Å²) in [4.78, 5) is 0. The Hall–Kier alpha value is -2.04. The summed E-state index contributed by atoms with van der Waals surface area (Å²) in [6, 6.07) is 7.45. The number of nitrogens with one attached hydrogen (secondary N) is 1. The molecule has 106 valence electrons. The fraction of sp³-hybridized carbons (Fsp3) is 0.200. The molecule has 2 aromatic carbocycles. The molecule has 0 spiro atoms. The van der Waals surface area contributed by atoms with Crippen LogP contribution in [-0.2, 0) is 0 Å². The van der Waals surface area contributed by atoms with Gasteiger partial charge >= 0.3 is 0 Å². The van der Waals surface area contributed by atoms with Gasteiger partial charge in [-0.05, 0) is 24.6 Å². The molecule has 2 rings (SSSR count). The number of hydrogen-bond acceptors (Lipinski definition) is 1. The third kappa shape index (κ3) is 2.76. The number of hydrogen-bond donors (Lipinski definition) is 1. The van der Waals surface area contributed by atoms with Crippen LogP contribution in [-0.4, -0.2) is 0 Å². The van der Waals surface area contributed by atoms with E-state index >= 15 is 0 Å². The molecule has 0 bridgehead atoms. The maximum atomic E-state index is 13.7. The van der Waals surface area contributed by atoms with E-state index in [1.165, 1.54) is 6.07 Å². The van der Waals surface area contributed by atoms with Gasteiger partial charge < -0.3 is 5.32 Å². The van der Waals surface area contributed by atoms with E-state index < -0.39 is 29.3 Å². The zero-order valence-electron chi connectivity index (χ0n) is 10.8. The van der Waals surface area contributed by atoms with Crippen molar-refractivity contribution in [2.45, 2.75) is 19.4 Å². The maximum Gasteiger partial charge on any atom is 0.196 e. The van der Waals surface area contributed by atoms with Crippen molar-refractivity contribution >= 4 is 5.69 Å². The predicted octanol–water partition coefficient (Wildman–Crippen LogP) is 4.81. The highest BCUT2D eigenvalue weighted by Gasteiger charge is 2.18. The van der Waals surface area contributed by atoms with Gasteiger partial charge in [-0.1, -0.05) is 25.1 Å². The van der Waals surface area contributed by atoms with Crippen molar-refractivity contribution < 1.29 is 17.6 Å². The molecule has 5 heteroatoms. The zero-order valence-corrected chi connectivity index (χ0v) is 10.8. The van der Waals surface area contributed by atoms with Crippen LogP contribution in [0.4, 0.5) is 23.2 Å². The van der Waals surface area contributed by atoms with Crippen LogP contribution in [0.2, 0.25) is 0 Å². The van der Waals surface area contributed by atoms with E-state index in [1.54, 1.807) is 25.1 Å². The summed E-state index contributed by atoms with van der Waals surface area (Å²) in [6.45, 7) is 1.78. The molecule has 0 saturated carbocycles. The lowest BCUT2D eigenvalue weighted by molar-refractivity contribution is 0.448. The highest BCUT2D eigenvalue weighted by Crippen LogP contribution is 2.27. The minimum absolute atomic E-state index is 0.195. The summed E-state index contributed by atoms with van der Waals surface area (Å²) >= 11 is 0. The summed E-state index contributed by atoms with van der Waals surface area (Å²) in [5, 5.41) is 2.70. The van der Waals surface area contributed by atoms with Crippen LogP contribution < -0.4 is 5.32 Å². The van der Waals surface area contributed by atoms with Crippen LogP contribution in [0, 0.1) is 23.3 Å². The van der Waals surface area contributed by atoms with Gasteiger partial charge in [0.05, 0.1) is 11.7 Å². The Morgan fingerprint density at radius 2 is 1.60 bits per heavy atom. The molecule has 0 aliphatic heterocycles. The van der Waals surface area contributed by atoms with E-state index in [9.17, 15) is 17.6 Å². The minimum atomic E-state index is -1.54. The fourth-order valence-corrected chi connectivity index (χ4v) is 1.98. The second kappa shape index (κ2) is 5.94. The first-order valence-corrected chi connectivity index (χ1v) is 6.19. The Kier molecular flexibility index (Phi) is 4.27. The molecule has 0 saturated heterocycles. The van der Waals surface area contributed by atoms with Crippen LogP contribution in [0.5, 0.6) is 0 Å². The zero-order chi connectivity index (χ0) is 14.7. The Morgan fingerprint density at radius 3 is 2.25 bits per heavy atom. The Labute approximate surface area is 114 Å². The van der Waals surface area contributed by atoms with Gasteiger partial charge in [-0.2, -0.15) is 0 Å². The van der Waals surface area contributed by atoms with E-state index in [-0.39, 0.29) is 5.69 Å². The number of anilines is 1. The highest BCUT2D eigenvalue weighted by molar-refractivity contribution is 5.47. The van der Waals surface area contributed by atoms with E-state index in [2.05, 4.69) is 5.32 Å². The van der Waals surface area contributed by atoms with Gasteiger partial charge in [0, 0.05) is 5.56 Å². The summed E-state index contributed by atoms with van der Waals surface area (Å²) in [5.74, 6) is -4.54. The Bertz CT molecular complexity index is 613. The van der Waals surface area contributed by atoms with Gasteiger partial charge in [0.1, 0.15) is 5.82 Å². The Morgan fingerprint density at radius 1 is 0.900 bits per heavy atom. The van der Waals surface area contributed by atoms with Crippen molar-refractivity contribution in [2.24, 2.45) is 0 Å². The number of rotatable bonds is 4. The van der Waals surface area contributed by atoms with Gasteiger partial charge in [0.2, 0.25) is 0 Å². The van der Waals surface area contributed by atoms with Crippen molar-refractivity contribution in [1.29, 1.82) is 0 Å². The molecule has 0 aromatic heterocycles. The van der Waals surface area contributed by atoms with Gasteiger partial charge in [-0.3, -0.25) is 0 Å². The highest BCUT2D eigenvalue weighted by atomic mass is 19.2. The lowest BCUT2D eigenvalue weighted by Gasteiger charge is -2.20. The largest absolute Gasteiger partial charge is 0.376 e. The SMILES string of the molecule is CCC(Nc1ccc(F)c(F)c1F)c1ccccc1F. The van der Waals surface area contributed by atoms with Gasteiger partial charge in [0.25, 0.3) is 0 Å². The predicted molar refractivity (Wildman–Crippen MR) is 69.4 cm³/mol. The third-order valence-electron chi connectivity index (χ3n) is 3.05. The summed E-state index contributed by atoms with van der Waals surface area (Å²) in [5.41, 5.74) is 0.151. The lowest BCUT2D eigenvalue weighted by Crippen LogP contribution is -2.13. The van der Waals surface area contributed by atoms with Gasteiger partial charge in [-0.25, -0.2) is 17.6 Å². The van der Waals surface area contributed by atoms with Gasteiger partial charge in [-0.15, -0.1) is 0 Å². The first-order chi connectivity index (χ1) is 9.54. The van der Waals surface area contributed by atoms with E-state index in [0.29, 0.717) is 12.0 Å². The Balaban J connectivity index is 2.32. The normalized spacial score (nSPS) is 12.2. The van der Waals surface area contributed by atoms with Crippen LogP contribution in [0.15, 0.2) is 36.4 Å². The fourth-order valence-electron chi connectivity index (χ4n) is 1.98. The van der Waals surface area contributed by atoms with Crippen molar-refractivity contribution in [3.63, 3.8) is 0 Å². The minimum Gasteiger partial charge on any atom is -0.376 e. The average Bonchev–Trinajstić information content (AvgIpc) is 2.45. The van der Waals surface area contributed by atoms with Crippen molar-refractivity contribution in [3.8, 4) is 0 Å². The molecular formula is C15H13F4N. The molecule has 1 unspecified atom stereocenters. The lowest BCUT2D eigenvalue weighted by atomic mass is 10.0. The molecule has 0 radical (unpaired) electrons. The molecule has 0 aliphatic rings. The number of benzene rings is 2. The quantitative estimate of drug-likeness (QED) is 0.627. The van der Waals surface area contributed by atoms with E-state index in [4.69, 9.17) is 0 Å². The second-order valence-corrected chi connectivity index (χ2v) is 4.35. The first-order valence-electron chi connectivity index (χ1n) is 6.19. The number of halogens is 4. The molecule has 0 amide bonds. The summed E-state index contributed by atoms with van der Waals surface area (Å²) in [7, 11) is 0. The van der Waals surface area contributed by atoms with E-state index in [0.717, 1.165) is 12.1 Å². The van der Waals surface area contributed by atoms with Crippen LogP contribution in [0.25, 0.3) is 0 Å². The molecular weight excluding hydrogens is 270 g/mol. The molecule has 0 aliphatic carbocycles. The molecule has 1 N–H and O–H groups in total. The summed E-state index contributed by atoms with van der Waals surface area (Å²) < 4.78 is 53.3. The van der Waals surface area contributed by atoms with Crippen LogP contribution >= 0.6 is 0 Å². The van der Waals surface area contributed by atoms with E-state index in [1.807, 2.05) is 0 Å². The molecule has 2 aromatic rings. The third-order valence-corrected chi connectivity index (χ3v) is 3.05. The maximum absolute atomic E-state index is 13.7. The molecule has 1 atom stereocenters. The van der Waals surface area contributed by atoms with Crippen LogP contribution in [0.1, 0.15) is 24.9 Å². The van der Waals surface area contributed by atoms with Crippen molar-refractivity contribution in [1.82, 2.24) is 0 Å². The van der Waals surface area contributed by atoms with Gasteiger partial charge in [0.15, 0.2) is 17.5 Å². The topological polar surface area (TPSA) is 12.0 Å².